The molecule has 1 heterocycles. The minimum absolute atomic E-state index is 0.0265. The number of nitrogens with two attached hydrogens (primary N) is 1. The van der Waals surface area contributed by atoms with E-state index in [2.05, 4.69) is 24.3 Å². The lowest BCUT2D eigenvalue weighted by molar-refractivity contribution is -0.121. The number of anilines is 1. The molecule has 4 rings (SSSR count). The molecule has 23 heavy (non-hydrogen) atoms. The number of rotatable bonds is 3. The molecule has 2 fully saturated rings. The number of benzene rings is 1. The molecule has 2 aliphatic rings. The van der Waals surface area contributed by atoms with Crippen LogP contribution in [0.5, 0.6) is 0 Å². The number of hydrogen-bond donors (Lipinski definition) is 2. The van der Waals surface area contributed by atoms with Crippen molar-refractivity contribution < 1.29 is 4.79 Å². The molecule has 1 amide bonds. The number of hydrogen-bond acceptors (Lipinski definition) is 3. The summed E-state index contributed by atoms with van der Waals surface area (Å²) in [5.41, 5.74) is 8.17. The van der Waals surface area contributed by atoms with Gasteiger partial charge in [0.25, 0.3) is 0 Å². The van der Waals surface area contributed by atoms with E-state index in [4.69, 9.17) is 5.73 Å². The Morgan fingerprint density at radius 1 is 1.35 bits per heavy atom. The van der Waals surface area contributed by atoms with Crippen molar-refractivity contribution in [2.75, 3.05) is 5.32 Å². The number of nitrogens with zero attached hydrogens (tertiary/aromatic N) is 2. The highest BCUT2D eigenvalue weighted by molar-refractivity contribution is 5.95. The summed E-state index contributed by atoms with van der Waals surface area (Å²) in [6.45, 7) is 4.21. The van der Waals surface area contributed by atoms with E-state index < -0.39 is 0 Å². The van der Waals surface area contributed by atoms with Crippen LogP contribution in [0.4, 0.5) is 5.69 Å². The zero-order valence-electron chi connectivity index (χ0n) is 13.7. The topological polar surface area (TPSA) is 72.9 Å². The van der Waals surface area contributed by atoms with Gasteiger partial charge in [-0.1, -0.05) is 0 Å². The highest BCUT2D eigenvalue weighted by Gasteiger charge is 2.49. The second-order valence-corrected chi connectivity index (χ2v) is 7.38. The molecule has 4 unspecified atom stereocenters. The highest BCUT2D eigenvalue weighted by atomic mass is 16.2. The molecule has 5 heteroatoms. The minimum Gasteiger partial charge on any atom is -0.327 e. The van der Waals surface area contributed by atoms with Gasteiger partial charge in [0.1, 0.15) is 0 Å². The van der Waals surface area contributed by atoms with Crippen molar-refractivity contribution >= 4 is 22.5 Å². The average molecular weight is 312 g/mol. The maximum Gasteiger partial charge on any atom is 0.229 e. The number of carbonyl (C=O) groups is 1. The summed E-state index contributed by atoms with van der Waals surface area (Å²) in [4.78, 5) is 12.7. The Morgan fingerprint density at radius 2 is 2.13 bits per heavy atom. The Bertz CT molecular complexity index is 749. The third-order valence-corrected chi connectivity index (χ3v) is 5.64. The summed E-state index contributed by atoms with van der Waals surface area (Å²) in [5, 5.41) is 8.60. The van der Waals surface area contributed by atoms with Crippen LogP contribution < -0.4 is 11.1 Å². The molecule has 122 valence electrons. The molecular formula is C18H24N4O. The van der Waals surface area contributed by atoms with Crippen molar-refractivity contribution in [2.24, 2.45) is 23.5 Å². The van der Waals surface area contributed by atoms with Crippen molar-refractivity contribution in [3.8, 4) is 0 Å². The van der Waals surface area contributed by atoms with E-state index in [1.165, 1.54) is 6.42 Å². The molecule has 1 aromatic heterocycles. The van der Waals surface area contributed by atoms with Crippen LogP contribution in [0.1, 0.15) is 39.2 Å². The summed E-state index contributed by atoms with van der Waals surface area (Å²) in [7, 11) is 0. The van der Waals surface area contributed by atoms with Crippen LogP contribution in [0, 0.1) is 17.8 Å². The van der Waals surface area contributed by atoms with Crippen LogP contribution >= 0.6 is 0 Å². The van der Waals surface area contributed by atoms with Gasteiger partial charge in [0.2, 0.25) is 5.91 Å². The van der Waals surface area contributed by atoms with Gasteiger partial charge in [0.05, 0.1) is 17.6 Å². The van der Waals surface area contributed by atoms with Gasteiger partial charge in [-0.05, 0) is 63.1 Å². The van der Waals surface area contributed by atoms with Crippen LogP contribution in [0.2, 0.25) is 0 Å². The van der Waals surface area contributed by atoms with Crippen molar-refractivity contribution in [3.05, 3.63) is 24.4 Å². The maximum absolute atomic E-state index is 12.7. The third-order valence-electron chi connectivity index (χ3n) is 5.64. The van der Waals surface area contributed by atoms with Crippen LogP contribution in [-0.2, 0) is 4.79 Å². The molecule has 0 spiro atoms. The first kappa shape index (κ1) is 14.7. The summed E-state index contributed by atoms with van der Waals surface area (Å²) in [6, 6.07) is 6.29. The summed E-state index contributed by atoms with van der Waals surface area (Å²) < 4.78 is 1.98. The molecule has 0 radical (unpaired) electrons. The fourth-order valence-corrected chi connectivity index (χ4v) is 4.48. The monoisotopic (exact) mass is 312 g/mol. The highest BCUT2D eigenvalue weighted by Crippen LogP contribution is 2.47. The van der Waals surface area contributed by atoms with E-state index in [1.807, 2.05) is 29.1 Å². The molecule has 2 aromatic rings. The Balaban J connectivity index is 1.58. The van der Waals surface area contributed by atoms with Gasteiger partial charge < -0.3 is 11.1 Å². The fraction of sp³-hybridized carbons (Fsp3) is 0.556. The Hall–Kier alpha value is -1.88. The third kappa shape index (κ3) is 2.34. The van der Waals surface area contributed by atoms with E-state index in [9.17, 15) is 4.79 Å². The molecule has 1 aromatic carbocycles. The lowest BCUT2D eigenvalue weighted by Gasteiger charge is -2.27. The van der Waals surface area contributed by atoms with Crippen molar-refractivity contribution in [1.29, 1.82) is 0 Å². The van der Waals surface area contributed by atoms with Crippen molar-refractivity contribution in [1.82, 2.24) is 9.78 Å². The molecule has 4 atom stereocenters. The Kier molecular flexibility index (Phi) is 3.41. The van der Waals surface area contributed by atoms with Crippen LogP contribution in [0.3, 0.4) is 0 Å². The lowest BCUT2D eigenvalue weighted by atomic mass is 9.84. The maximum atomic E-state index is 12.7. The standard InChI is InChI=1S/C18H24N4O/c1-10(2)22-15-8-14(6-5-13(15)9-20-22)21-18(23)16-11-3-4-12(7-11)17(16)19/h5-6,8-12,16-17H,3-4,7,19H2,1-2H3,(H,21,23). The van der Waals surface area contributed by atoms with Gasteiger partial charge in [-0.25, -0.2) is 0 Å². The van der Waals surface area contributed by atoms with Gasteiger partial charge in [-0.15, -0.1) is 0 Å². The van der Waals surface area contributed by atoms with Gasteiger partial charge in [-0.2, -0.15) is 5.10 Å². The molecule has 0 aliphatic heterocycles. The summed E-state index contributed by atoms with van der Waals surface area (Å²) >= 11 is 0. The van der Waals surface area contributed by atoms with E-state index in [0.717, 1.165) is 29.4 Å². The molecule has 2 bridgehead atoms. The number of carbonyl (C=O) groups excluding carboxylic acids is 1. The first-order valence-electron chi connectivity index (χ1n) is 8.58. The number of aromatic nitrogens is 2. The summed E-state index contributed by atoms with van der Waals surface area (Å²) in [6.07, 6.45) is 5.33. The Labute approximate surface area is 136 Å². The van der Waals surface area contributed by atoms with Crippen LogP contribution in [0.25, 0.3) is 10.9 Å². The molecule has 5 nitrogen and oxygen atoms in total. The van der Waals surface area contributed by atoms with Crippen molar-refractivity contribution in [3.63, 3.8) is 0 Å². The van der Waals surface area contributed by atoms with Gasteiger partial charge >= 0.3 is 0 Å². The normalized spacial score (nSPS) is 29.6. The second kappa shape index (κ2) is 5.34. The van der Waals surface area contributed by atoms with Gasteiger partial charge in [0.15, 0.2) is 0 Å². The number of amides is 1. The largest absolute Gasteiger partial charge is 0.327 e. The lowest BCUT2D eigenvalue weighted by Crippen LogP contribution is -2.42. The predicted octanol–water partition coefficient (Wildman–Crippen LogP) is 2.93. The van der Waals surface area contributed by atoms with Crippen molar-refractivity contribution in [2.45, 2.75) is 45.2 Å². The number of nitrogens with one attached hydrogen (secondary N) is 1. The van der Waals surface area contributed by atoms with E-state index in [0.29, 0.717) is 11.8 Å². The van der Waals surface area contributed by atoms with Gasteiger partial charge in [0, 0.05) is 23.2 Å². The quantitative estimate of drug-likeness (QED) is 0.915. The fourth-order valence-electron chi connectivity index (χ4n) is 4.48. The number of fused-ring (bicyclic) bond motifs is 3. The van der Waals surface area contributed by atoms with Crippen LogP contribution in [0.15, 0.2) is 24.4 Å². The molecule has 2 saturated carbocycles. The first-order valence-corrected chi connectivity index (χ1v) is 8.58. The van der Waals surface area contributed by atoms with Crippen LogP contribution in [-0.4, -0.2) is 21.7 Å². The molecular weight excluding hydrogens is 288 g/mol. The SMILES string of the molecule is CC(C)n1ncc2ccc(NC(=O)C3C4CCC(C4)C3N)cc21. The zero-order valence-corrected chi connectivity index (χ0v) is 13.7. The zero-order chi connectivity index (χ0) is 16.1. The first-order chi connectivity index (χ1) is 11.0. The molecule has 0 saturated heterocycles. The van der Waals surface area contributed by atoms with E-state index >= 15 is 0 Å². The molecule has 3 N–H and O–H groups in total. The average Bonchev–Trinajstić information content (AvgIpc) is 3.19. The van der Waals surface area contributed by atoms with E-state index in [-0.39, 0.29) is 23.9 Å². The Morgan fingerprint density at radius 3 is 2.83 bits per heavy atom. The second-order valence-electron chi connectivity index (χ2n) is 7.38. The smallest absolute Gasteiger partial charge is 0.229 e. The molecule has 2 aliphatic carbocycles. The minimum atomic E-state index is -0.0283. The van der Waals surface area contributed by atoms with Gasteiger partial charge in [-0.3, -0.25) is 9.48 Å². The predicted molar refractivity (Wildman–Crippen MR) is 91.0 cm³/mol. The summed E-state index contributed by atoms with van der Waals surface area (Å²) in [5.74, 6) is 1.07. The van der Waals surface area contributed by atoms with E-state index in [1.54, 1.807) is 0 Å².